The third-order valence-corrected chi connectivity index (χ3v) is 3.68. The van der Waals surface area contributed by atoms with E-state index in [2.05, 4.69) is 15.4 Å². The lowest BCUT2D eigenvalue weighted by molar-refractivity contribution is 0.0927. The summed E-state index contributed by atoms with van der Waals surface area (Å²) in [6.45, 7) is 0. The van der Waals surface area contributed by atoms with Crippen LogP contribution in [0.5, 0.6) is 0 Å². The van der Waals surface area contributed by atoms with Crippen molar-refractivity contribution in [2.75, 3.05) is 0 Å². The number of amides is 1. The Labute approximate surface area is 111 Å². The van der Waals surface area contributed by atoms with Crippen LogP contribution >= 0.6 is 0 Å². The first kappa shape index (κ1) is 12.1. The number of carbonyl (C=O) groups is 1. The van der Waals surface area contributed by atoms with Crippen LogP contribution < -0.4 is 11.1 Å². The topological polar surface area (TPSA) is 85.3 Å². The average molecular weight is 259 g/mol. The molecule has 0 atom stereocenters. The van der Waals surface area contributed by atoms with Crippen molar-refractivity contribution < 1.29 is 4.79 Å². The quantitative estimate of drug-likeness (QED) is 0.832. The lowest BCUT2D eigenvalue weighted by Crippen LogP contribution is -2.40. The highest BCUT2D eigenvalue weighted by Gasteiger charge is 2.21. The second-order valence-electron chi connectivity index (χ2n) is 5.05. The van der Waals surface area contributed by atoms with Gasteiger partial charge in [-0.25, -0.2) is 4.52 Å². The fourth-order valence-electron chi connectivity index (χ4n) is 2.54. The van der Waals surface area contributed by atoms with Gasteiger partial charge < -0.3 is 11.1 Å². The number of nitrogens with two attached hydrogens (primary N) is 1. The number of hydrogen-bond acceptors (Lipinski definition) is 4. The maximum absolute atomic E-state index is 12.2. The number of nitrogens with one attached hydrogen (secondary N) is 1. The fraction of sp³-hybridized carbons (Fsp3) is 0.462. The van der Waals surface area contributed by atoms with E-state index in [0.29, 0.717) is 5.56 Å². The molecule has 0 bridgehead atoms. The first-order valence-electron chi connectivity index (χ1n) is 6.58. The highest BCUT2D eigenvalue weighted by molar-refractivity contribution is 6.00. The molecule has 0 aliphatic heterocycles. The maximum atomic E-state index is 12.2. The molecule has 0 aromatic carbocycles. The van der Waals surface area contributed by atoms with Gasteiger partial charge in [-0.05, 0) is 25.7 Å². The predicted octanol–water partition coefficient (Wildman–Crippen LogP) is 0.729. The second kappa shape index (κ2) is 4.97. The number of fused-ring (bicyclic) bond motifs is 1. The number of nitrogens with zero attached hydrogens (tertiary/aromatic N) is 3. The van der Waals surface area contributed by atoms with Crippen molar-refractivity contribution in [3.8, 4) is 0 Å². The van der Waals surface area contributed by atoms with Crippen LogP contribution in [0.1, 0.15) is 36.0 Å². The molecule has 3 rings (SSSR count). The van der Waals surface area contributed by atoms with Crippen molar-refractivity contribution >= 4 is 11.4 Å². The largest absolute Gasteiger partial charge is 0.349 e. The van der Waals surface area contributed by atoms with Gasteiger partial charge in [0.25, 0.3) is 5.91 Å². The summed E-state index contributed by atoms with van der Waals surface area (Å²) in [5.41, 5.74) is 7.16. The zero-order chi connectivity index (χ0) is 13.2. The highest BCUT2D eigenvalue weighted by atomic mass is 16.1. The maximum Gasteiger partial charge on any atom is 0.255 e. The van der Waals surface area contributed by atoms with Gasteiger partial charge in [-0.3, -0.25) is 9.78 Å². The molecule has 1 aliphatic rings. The molecule has 19 heavy (non-hydrogen) atoms. The molecule has 2 aromatic heterocycles. The molecule has 6 nitrogen and oxygen atoms in total. The van der Waals surface area contributed by atoms with Crippen molar-refractivity contribution in [3.05, 3.63) is 30.4 Å². The van der Waals surface area contributed by atoms with Gasteiger partial charge in [-0.2, -0.15) is 5.10 Å². The van der Waals surface area contributed by atoms with Crippen molar-refractivity contribution in [3.63, 3.8) is 0 Å². The smallest absolute Gasteiger partial charge is 0.255 e. The van der Waals surface area contributed by atoms with E-state index in [-0.39, 0.29) is 18.0 Å². The van der Waals surface area contributed by atoms with Crippen LogP contribution in [-0.2, 0) is 0 Å². The highest BCUT2D eigenvalue weighted by Crippen LogP contribution is 2.18. The van der Waals surface area contributed by atoms with Crippen molar-refractivity contribution in [1.82, 2.24) is 19.9 Å². The second-order valence-corrected chi connectivity index (χ2v) is 5.05. The summed E-state index contributed by atoms with van der Waals surface area (Å²) < 4.78 is 1.65. The molecule has 0 saturated heterocycles. The number of aromatic nitrogens is 3. The van der Waals surface area contributed by atoms with E-state index in [9.17, 15) is 4.79 Å². The Morgan fingerprint density at radius 2 is 2.11 bits per heavy atom. The summed E-state index contributed by atoms with van der Waals surface area (Å²) in [5, 5.41) is 7.20. The molecule has 0 unspecified atom stereocenters. The summed E-state index contributed by atoms with van der Waals surface area (Å²) >= 11 is 0. The van der Waals surface area contributed by atoms with Crippen LogP contribution in [0, 0.1) is 0 Å². The molecule has 0 radical (unpaired) electrons. The standard InChI is InChI=1S/C13H17N5O/c14-9-1-3-10(4-2-9)17-13(19)11-7-16-18-6-5-15-8-12(11)18/h5-10H,1-4,14H2,(H,17,19). The monoisotopic (exact) mass is 259 g/mol. The lowest BCUT2D eigenvalue weighted by Gasteiger charge is -2.26. The molecule has 1 amide bonds. The van der Waals surface area contributed by atoms with Crippen LogP contribution in [0.25, 0.3) is 5.52 Å². The predicted molar refractivity (Wildman–Crippen MR) is 70.7 cm³/mol. The molecule has 2 heterocycles. The molecule has 2 aromatic rings. The lowest BCUT2D eigenvalue weighted by atomic mass is 9.92. The SMILES string of the molecule is NC1CCC(NC(=O)c2cnn3ccncc23)CC1. The normalized spacial score (nSPS) is 23.4. The average Bonchev–Trinajstić information content (AvgIpc) is 2.85. The van der Waals surface area contributed by atoms with Crippen molar-refractivity contribution in [1.29, 1.82) is 0 Å². The van der Waals surface area contributed by atoms with E-state index in [1.807, 2.05) is 0 Å². The van der Waals surface area contributed by atoms with E-state index in [1.54, 1.807) is 29.3 Å². The summed E-state index contributed by atoms with van der Waals surface area (Å²) in [6, 6.07) is 0.508. The Morgan fingerprint density at radius 3 is 2.89 bits per heavy atom. The molecule has 1 saturated carbocycles. The third-order valence-electron chi connectivity index (χ3n) is 3.68. The van der Waals surface area contributed by atoms with E-state index < -0.39 is 0 Å². The minimum Gasteiger partial charge on any atom is -0.349 e. The van der Waals surface area contributed by atoms with Gasteiger partial charge in [-0.15, -0.1) is 0 Å². The molecular weight excluding hydrogens is 242 g/mol. The number of carbonyl (C=O) groups excluding carboxylic acids is 1. The third kappa shape index (κ3) is 2.44. The van der Waals surface area contributed by atoms with Crippen molar-refractivity contribution in [2.45, 2.75) is 37.8 Å². The van der Waals surface area contributed by atoms with Gasteiger partial charge in [0.2, 0.25) is 0 Å². The van der Waals surface area contributed by atoms with E-state index >= 15 is 0 Å². The molecule has 1 fully saturated rings. The molecule has 0 spiro atoms. The first-order chi connectivity index (χ1) is 9.24. The van der Waals surface area contributed by atoms with Crippen molar-refractivity contribution in [2.24, 2.45) is 5.73 Å². The minimum atomic E-state index is -0.0801. The molecule has 1 aliphatic carbocycles. The Morgan fingerprint density at radius 1 is 1.32 bits per heavy atom. The van der Waals surface area contributed by atoms with Crippen LogP contribution in [0.3, 0.4) is 0 Å². The summed E-state index contributed by atoms with van der Waals surface area (Å²) in [6.07, 6.45) is 10.5. The van der Waals surface area contributed by atoms with E-state index in [0.717, 1.165) is 31.2 Å². The Balaban J connectivity index is 1.73. The number of rotatable bonds is 2. The van der Waals surface area contributed by atoms with Gasteiger partial charge in [0, 0.05) is 24.5 Å². The van der Waals surface area contributed by atoms with Gasteiger partial charge >= 0.3 is 0 Å². The Hall–Kier alpha value is -1.95. The Bertz CT molecular complexity index is 585. The molecule has 100 valence electrons. The fourth-order valence-corrected chi connectivity index (χ4v) is 2.54. The summed E-state index contributed by atoms with van der Waals surface area (Å²) in [4.78, 5) is 16.3. The number of hydrogen-bond donors (Lipinski definition) is 2. The van der Waals surface area contributed by atoms with Gasteiger partial charge in [0.1, 0.15) is 0 Å². The first-order valence-corrected chi connectivity index (χ1v) is 6.58. The van der Waals surface area contributed by atoms with Gasteiger partial charge in [0.05, 0.1) is 23.5 Å². The van der Waals surface area contributed by atoms with Gasteiger partial charge in [0.15, 0.2) is 0 Å². The molecule has 6 heteroatoms. The van der Waals surface area contributed by atoms with E-state index in [1.165, 1.54) is 0 Å². The van der Waals surface area contributed by atoms with Crippen LogP contribution in [-0.4, -0.2) is 32.6 Å². The zero-order valence-electron chi connectivity index (χ0n) is 10.6. The zero-order valence-corrected chi connectivity index (χ0v) is 10.6. The van der Waals surface area contributed by atoms with E-state index in [4.69, 9.17) is 5.73 Å². The summed E-state index contributed by atoms with van der Waals surface area (Å²) in [5.74, 6) is -0.0801. The van der Waals surface area contributed by atoms with Gasteiger partial charge in [-0.1, -0.05) is 0 Å². The molecular formula is C13H17N5O. The minimum absolute atomic E-state index is 0.0801. The van der Waals surface area contributed by atoms with Crippen LogP contribution in [0.4, 0.5) is 0 Å². The molecule has 3 N–H and O–H groups in total. The van der Waals surface area contributed by atoms with Crippen LogP contribution in [0.15, 0.2) is 24.8 Å². The Kier molecular flexibility index (Phi) is 3.16. The van der Waals surface area contributed by atoms with Crippen LogP contribution in [0.2, 0.25) is 0 Å². The summed E-state index contributed by atoms with van der Waals surface area (Å²) in [7, 11) is 0.